The predicted molar refractivity (Wildman–Crippen MR) is 106 cm³/mol. The molecule has 0 atom stereocenters. The number of pyridine rings is 1. The maximum atomic E-state index is 13.0. The van der Waals surface area contributed by atoms with Crippen LogP contribution in [0.15, 0.2) is 58.3 Å². The van der Waals surface area contributed by atoms with E-state index in [0.717, 1.165) is 6.42 Å². The lowest BCUT2D eigenvalue weighted by molar-refractivity contribution is 0.0697. The number of hydrazone groups is 1. The third-order valence-corrected chi connectivity index (χ3v) is 4.75. The van der Waals surface area contributed by atoms with Gasteiger partial charge in [-0.15, -0.1) is 0 Å². The van der Waals surface area contributed by atoms with Crippen molar-refractivity contribution in [1.29, 1.82) is 0 Å². The summed E-state index contributed by atoms with van der Waals surface area (Å²) < 4.78 is 24.1. The molecule has 0 spiro atoms. The van der Waals surface area contributed by atoms with Gasteiger partial charge in [-0.3, -0.25) is 9.78 Å². The molecule has 0 saturated carbocycles. The summed E-state index contributed by atoms with van der Waals surface area (Å²) in [6.07, 6.45) is 5.06. The summed E-state index contributed by atoms with van der Waals surface area (Å²) in [5.41, 5.74) is 4.72. The third-order valence-electron chi connectivity index (χ3n) is 4.75. The summed E-state index contributed by atoms with van der Waals surface area (Å²) in [5, 5.41) is 4.24. The van der Waals surface area contributed by atoms with Crippen LogP contribution in [0, 0.1) is 12.7 Å². The Morgan fingerprint density at radius 2 is 2.00 bits per heavy atom. The van der Waals surface area contributed by atoms with Crippen LogP contribution in [0.4, 0.5) is 4.39 Å². The van der Waals surface area contributed by atoms with Crippen LogP contribution in [0.2, 0.25) is 0 Å². The number of furan rings is 1. The number of amides is 1. The lowest BCUT2D eigenvalue weighted by atomic mass is 9.93. The highest BCUT2D eigenvalue weighted by atomic mass is 19.1. The van der Waals surface area contributed by atoms with Gasteiger partial charge >= 0.3 is 5.97 Å². The molecule has 1 aliphatic rings. The van der Waals surface area contributed by atoms with Gasteiger partial charge in [-0.1, -0.05) is 0 Å². The number of carbonyl (C=O) groups excluding carboxylic acids is 2. The molecule has 1 aromatic carbocycles. The zero-order valence-corrected chi connectivity index (χ0v) is 16.1. The molecule has 8 heteroatoms. The van der Waals surface area contributed by atoms with Crippen LogP contribution in [0.1, 0.15) is 50.6 Å². The standard InChI is InChI=1S/C22H18FN3O4/c1-13-19-17(25-26-21(27)14-7-9-15(23)10-8-14)5-2-6-18(19)30-20(13)22(28)29-16-4-3-11-24-12-16/h3-4,7-12H,2,5-6H2,1H3,(H,26,27)/b25-17+. The molecule has 0 aliphatic heterocycles. The average Bonchev–Trinajstić information content (AvgIpc) is 3.10. The molecule has 4 rings (SSSR count). The molecule has 2 aromatic heterocycles. The number of aryl methyl sites for hydroxylation is 1. The first-order valence-electron chi connectivity index (χ1n) is 9.40. The van der Waals surface area contributed by atoms with Crippen molar-refractivity contribution < 1.29 is 23.1 Å². The van der Waals surface area contributed by atoms with Gasteiger partial charge in [-0.05, 0) is 56.2 Å². The molecule has 30 heavy (non-hydrogen) atoms. The number of halogens is 1. The molecule has 0 fully saturated rings. The van der Waals surface area contributed by atoms with Gasteiger partial charge in [0, 0.05) is 29.3 Å². The number of aromatic nitrogens is 1. The number of ether oxygens (including phenoxy) is 1. The van der Waals surface area contributed by atoms with E-state index < -0.39 is 17.7 Å². The summed E-state index contributed by atoms with van der Waals surface area (Å²) in [7, 11) is 0. The highest BCUT2D eigenvalue weighted by Gasteiger charge is 2.29. The zero-order valence-electron chi connectivity index (χ0n) is 16.1. The Morgan fingerprint density at radius 1 is 1.20 bits per heavy atom. The summed E-state index contributed by atoms with van der Waals surface area (Å²) in [4.78, 5) is 28.7. The van der Waals surface area contributed by atoms with Crippen molar-refractivity contribution in [3.8, 4) is 5.75 Å². The normalized spacial score (nSPS) is 14.3. The molecule has 2 heterocycles. The second-order valence-corrected chi connectivity index (χ2v) is 6.79. The molecule has 0 saturated heterocycles. The molecule has 0 radical (unpaired) electrons. The lowest BCUT2D eigenvalue weighted by Crippen LogP contribution is -2.22. The Morgan fingerprint density at radius 3 is 2.73 bits per heavy atom. The molecule has 1 aliphatic carbocycles. The fourth-order valence-corrected chi connectivity index (χ4v) is 3.32. The van der Waals surface area contributed by atoms with Crippen molar-refractivity contribution >= 4 is 17.6 Å². The van der Waals surface area contributed by atoms with Crippen molar-refractivity contribution in [3.05, 3.63) is 82.8 Å². The van der Waals surface area contributed by atoms with Crippen LogP contribution >= 0.6 is 0 Å². The number of rotatable bonds is 4. The van der Waals surface area contributed by atoms with Gasteiger partial charge in [0.1, 0.15) is 17.3 Å². The largest absolute Gasteiger partial charge is 0.453 e. The average molecular weight is 407 g/mol. The summed E-state index contributed by atoms with van der Waals surface area (Å²) in [6, 6.07) is 8.47. The summed E-state index contributed by atoms with van der Waals surface area (Å²) >= 11 is 0. The van der Waals surface area contributed by atoms with Crippen molar-refractivity contribution in [1.82, 2.24) is 10.4 Å². The number of benzene rings is 1. The Balaban J connectivity index is 1.56. The van der Waals surface area contributed by atoms with Crippen LogP contribution in [-0.4, -0.2) is 22.6 Å². The van der Waals surface area contributed by atoms with Crippen LogP contribution in [0.25, 0.3) is 0 Å². The van der Waals surface area contributed by atoms with E-state index in [2.05, 4.69) is 15.5 Å². The van der Waals surface area contributed by atoms with Gasteiger partial charge in [0.25, 0.3) is 5.91 Å². The van der Waals surface area contributed by atoms with Gasteiger partial charge in [-0.2, -0.15) is 5.10 Å². The Labute approximate surface area is 171 Å². The van der Waals surface area contributed by atoms with Crippen molar-refractivity contribution in [2.45, 2.75) is 26.2 Å². The quantitative estimate of drug-likeness (QED) is 0.524. The maximum Gasteiger partial charge on any atom is 0.379 e. The highest BCUT2D eigenvalue weighted by molar-refractivity contribution is 6.06. The van der Waals surface area contributed by atoms with Crippen LogP contribution < -0.4 is 10.2 Å². The number of nitrogens with one attached hydrogen (secondary N) is 1. The monoisotopic (exact) mass is 407 g/mol. The Kier molecular flexibility index (Phi) is 5.38. The molecule has 0 bridgehead atoms. The third kappa shape index (κ3) is 3.98. The van der Waals surface area contributed by atoms with E-state index in [4.69, 9.17) is 9.15 Å². The number of esters is 1. The fraction of sp³-hybridized carbons (Fsp3) is 0.182. The Bertz CT molecular complexity index is 1120. The minimum atomic E-state index is -0.621. The SMILES string of the molecule is Cc1c(C(=O)Oc2cccnc2)oc2c1/C(=N/NC(=O)c1ccc(F)cc1)CCC2. The number of nitrogens with zero attached hydrogens (tertiary/aromatic N) is 2. The number of hydrogen-bond donors (Lipinski definition) is 1. The van der Waals surface area contributed by atoms with E-state index in [1.807, 2.05) is 0 Å². The fourth-order valence-electron chi connectivity index (χ4n) is 3.32. The predicted octanol–water partition coefficient (Wildman–Crippen LogP) is 3.81. The van der Waals surface area contributed by atoms with E-state index in [9.17, 15) is 14.0 Å². The summed E-state index contributed by atoms with van der Waals surface area (Å²) in [5.74, 6) is -0.446. The number of hydrogen-bond acceptors (Lipinski definition) is 6. The molecule has 1 N–H and O–H groups in total. The zero-order chi connectivity index (χ0) is 21.1. The molecule has 0 unspecified atom stereocenters. The molecule has 152 valence electrons. The van der Waals surface area contributed by atoms with Crippen LogP contribution in [-0.2, 0) is 6.42 Å². The van der Waals surface area contributed by atoms with Crippen molar-refractivity contribution in [2.75, 3.05) is 0 Å². The molecular formula is C22H18FN3O4. The molecule has 3 aromatic rings. The van der Waals surface area contributed by atoms with Crippen molar-refractivity contribution in [2.24, 2.45) is 5.10 Å². The summed E-state index contributed by atoms with van der Waals surface area (Å²) in [6.45, 7) is 1.75. The number of carbonyl (C=O) groups is 2. The van der Waals surface area contributed by atoms with E-state index in [-0.39, 0.29) is 5.76 Å². The van der Waals surface area contributed by atoms with Crippen LogP contribution in [0.3, 0.4) is 0 Å². The van der Waals surface area contributed by atoms with E-state index in [1.165, 1.54) is 30.5 Å². The van der Waals surface area contributed by atoms with Gasteiger partial charge in [0.15, 0.2) is 0 Å². The molecule has 1 amide bonds. The van der Waals surface area contributed by atoms with Gasteiger partial charge < -0.3 is 9.15 Å². The first-order valence-corrected chi connectivity index (χ1v) is 9.40. The highest BCUT2D eigenvalue weighted by Crippen LogP contribution is 2.30. The maximum absolute atomic E-state index is 13.0. The van der Waals surface area contributed by atoms with E-state index in [0.29, 0.717) is 46.8 Å². The first-order chi connectivity index (χ1) is 14.5. The van der Waals surface area contributed by atoms with Crippen molar-refractivity contribution in [3.63, 3.8) is 0 Å². The van der Waals surface area contributed by atoms with E-state index in [1.54, 1.807) is 25.3 Å². The second-order valence-electron chi connectivity index (χ2n) is 6.79. The first kappa shape index (κ1) is 19.5. The minimum Gasteiger partial charge on any atom is -0.453 e. The molecular weight excluding hydrogens is 389 g/mol. The molecule has 7 nitrogen and oxygen atoms in total. The topological polar surface area (TPSA) is 93.8 Å². The second kappa shape index (κ2) is 8.28. The van der Waals surface area contributed by atoms with Crippen LogP contribution in [0.5, 0.6) is 5.75 Å². The lowest BCUT2D eigenvalue weighted by Gasteiger charge is -2.13. The van der Waals surface area contributed by atoms with E-state index >= 15 is 0 Å². The minimum absolute atomic E-state index is 0.100. The Hall–Kier alpha value is -3.81. The van der Waals surface area contributed by atoms with Gasteiger partial charge in [0.05, 0.1) is 11.9 Å². The smallest absolute Gasteiger partial charge is 0.379 e. The number of fused-ring (bicyclic) bond motifs is 1. The van der Waals surface area contributed by atoms with Gasteiger partial charge in [0.2, 0.25) is 5.76 Å². The van der Waals surface area contributed by atoms with Gasteiger partial charge in [-0.25, -0.2) is 14.6 Å².